The van der Waals surface area contributed by atoms with Crippen molar-refractivity contribution in [2.45, 2.75) is 32.9 Å². The van der Waals surface area contributed by atoms with E-state index in [-0.39, 0.29) is 30.2 Å². The quantitative estimate of drug-likeness (QED) is 0.701. The normalized spacial score (nSPS) is 12.9. The summed E-state index contributed by atoms with van der Waals surface area (Å²) in [6.45, 7) is 5.39. The first-order valence-electron chi connectivity index (χ1n) is 8.89. The van der Waals surface area contributed by atoms with E-state index in [2.05, 4.69) is 16.0 Å². The van der Waals surface area contributed by atoms with Gasteiger partial charge in [-0.2, -0.15) is 0 Å². The highest BCUT2D eigenvalue weighted by Crippen LogP contribution is 2.20. The van der Waals surface area contributed by atoms with Crippen molar-refractivity contribution < 1.29 is 14.0 Å². The lowest BCUT2D eigenvalue weighted by atomic mass is 10.0. The third kappa shape index (κ3) is 5.37. The smallest absolute Gasteiger partial charge is 0.246 e. The molecule has 0 heterocycles. The van der Waals surface area contributed by atoms with Crippen LogP contribution in [0.2, 0.25) is 0 Å². The summed E-state index contributed by atoms with van der Waals surface area (Å²) in [5.74, 6) is -0.790. The maximum atomic E-state index is 13.8. The molecule has 0 unspecified atom stereocenters. The Labute approximate surface area is 159 Å². The molecule has 0 aliphatic carbocycles. The molecule has 0 saturated carbocycles. The van der Waals surface area contributed by atoms with Gasteiger partial charge in [-0.15, -0.1) is 0 Å². The Balaban J connectivity index is 2.00. The Kier molecular flexibility index (Phi) is 7.07. The lowest BCUT2D eigenvalue weighted by molar-refractivity contribution is -0.128. The number of rotatable bonds is 7. The van der Waals surface area contributed by atoms with Crippen molar-refractivity contribution in [3.05, 3.63) is 70.5 Å². The molecule has 0 aliphatic rings. The van der Waals surface area contributed by atoms with E-state index in [0.717, 1.165) is 5.56 Å². The van der Waals surface area contributed by atoms with Gasteiger partial charge in [-0.1, -0.05) is 42.5 Å². The number of halogens is 1. The first-order valence-corrected chi connectivity index (χ1v) is 8.89. The topological polar surface area (TPSA) is 70.2 Å². The van der Waals surface area contributed by atoms with Crippen LogP contribution in [0.1, 0.15) is 41.3 Å². The number of benzene rings is 2. The second kappa shape index (κ2) is 9.28. The molecule has 0 aliphatic heterocycles. The van der Waals surface area contributed by atoms with Crippen molar-refractivity contribution in [3.63, 3.8) is 0 Å². The van der Waals surface area contributed by atoms with Crippen molar-refractivity contribution in [2.75, 3.05) is 13.6 Å². The second-order valence-corrected chi connectivity index (χ2v) is 6.60. The Hall–Kier alpha value is -2.73. The van der Waals surface area contributed by atoms with Crippen LogP contribution in [-0.4, -0.2) is 25.4 Å². The van der Waals surface area contributed by atoms with Crippen LogP contribution in [0.4, 0.5) is 4.39 Å². The van der Waals surface area contributed by atoms with Gasteiger partial charge in [-0.05, 0) is 43.0 Å². The van der Waals surface area contributed by atoms with Crippen molar-refractivity contribution >= 4 is 11.8 Å². The van der Waals surface area contributed by atoms with Crippen LogP contribution in [0.3, 0.4) is 0 Å². The van der Waals surface area contributed by atoms with Gasteiger partial charge < -0.3 is 16.0 Å². The minimum Gasteiger partial charge on any atom is -0.357 e. The van der Waals surface area contributed by atoms with Gasteiger partial charge in [0.2, 0.25) is 11.8 Å². The standard InChI is InChI=1S/C21H26FN3O2/c1-13-10-17(11-14(2)19(13)22)15(3)24-12-18(26)25-20(21(27)23-4)16-8-6-5-7-9-16/h5-11,15,20,24H,12H2,1-4H3,(H,23,27)(H,25,26)/t15-,20-/m0/s1. The first-order chi connectivity index (χ1) is 12.8. The number of hydrogen-bond donors (Lipinski definition) is 3. The molecule has 0 radical (unpaired) electrons. The van der Waals surface area contributed by atoms with Crippen LogP contribution in [-0.2, 0) is 9.59 Å². The van der Waals surface area contributed by atoms with Crippen LogP contribution in [0, 0.1) is 19.7 Å². The molecule has 27 heavy (non-hydrogen) atoms. The molecular weight excluding hydrogens is 345 g/mol. The fourth-order valence-electron chi connectivity index (χ4n) is 2.90. The highest BCUT2D eigenvalue weighted by Gasteiger charge is 2.21. The molecule has 2 rings (SSSR count). The Morgan fingerprint density at radius 1 is 1.04 bits per heavy atom. The lowest BCUT2D eigenvalue weighted by Crippen LogP contribution is -2.42. The van der Waals surface area contributed by atoms with Crippen LogP contribution in [0.15, 0.2) is 42.5 Å². The maximum Gasteiger partial charge on any atom is 0.246 e. The summed E-state index contributed by atoms with van der Waals surface area (Å²) < 4.78 is 13.8. The summed E-state index contributed by atoms with van der Waals surface area (Å²) in [7, 11) is 1.53. The van der Waals surface area contributed by atoms with Crippen molar-refractivity contribution in [1.82, 2.24) is 16.0 Å². The molecule has 2 aromatic rings. The van der Waals surface area contributed by atoms with Gasteiger partial charge in [0.1, 0.15) is 11.9 Å². The fraction of sp³-hybridized carbons (Fsp3) is 0.333. The molecule has 0 aromatic heterocycles. The molecule has 5 nitrogen and oxygen atoms in total. The molecule has 0 bridgehead atoms. The fourth-order valence-corrected chi connectivity index (χ4v) is 2.90. The van der Waals surface area contributed by atoms with Gasteiger partial charge in [0.15, 0.2) is 0 Å². The highest BCUT2D eigenvalue weighted by molar-refractivity contribution is 5.89. The number of nitrogens with one attached hydrogen (secondary N) is 3. The van der Waals surface area contributed by atoms with E-state index in [0.29, 0.717) is 16.7 Å². The summed E-state index contributed by atoms with van der Waals surface area (Å²) in [4.78, 5) is 24.5. The number of aryl methyl sites for hydroxylation is 2. The monoisotopic (exact) mass is 371 g/mol. The van der Waals surface area contributed by atoms with Gasteiger partial charge in [-0.25, -0.2) is 4.39 Å². The van der Waals surface area contributed by atoms with Crippen LogP contribution >= 0.6 is 0 Å². The van der Waals surface area contributed by atoms with Crippen LogP contribution in [0.5, 0.6) is 0 Å². The predicted octanol–water partition coefficient (Wildman–Crippen LogP) is 2.70. The Morgan fingerprint density at radius 3 is 2.19 bits per heavy atom. The van der Waals surface area contributed by atoms with Gasteiger partial charge in [0.25, 0.3) is 0 Å². The molecule has 0 saturated heterocycles. The number of carbonyl (C=O) groups is 2. The van der Waals surface area contributed by atoms with Gasteiger partial charge in [-0.3, -0.25) is 9.59 Å². The van der Waals surface area contributed by atoms with E-state index in [1.807, 2.05) is 25.1 Å². The SMILES string of the molecule is CNC(=O)[C@@H](NC(=O)CN[C@@H](C)c1cc(C)c(F)c(C)c1)c1ccccc1. The lowest BCUT2D eigenvalue weighted by Gasteiger charge is -2.20. The largest absolute Gasteiger partial charge is 0.357 e. The second-order valence-electron chi connectivity index (χ2n) is 6.60. The summed E-state index contributed by atoms with van der Waals surface area (Å²) in [6.07, 6.45) is 0. The highest BCUT2D eigenvalue weighted by atomic mass is 19.1. The van der Waals surface area contributed by atoms with Gasteiger partial charge >= 0.3 is 0 Å². The van der Waals surface area contributed by atoms with E-state index in [1.165, 1.54) is 7.05 Å². The molecule has 6 heteroatoms. The molecule has 3 N–H and O–H groups in total. The molecule has 0 fully saturated rings. The average Bonchev–Trinajstić information content (AvgIpc) is 2.68. The number of carbonyl (C=O) groups excluding carboxylic acids is 2. The third-order valence-electron chi connectivity index (χ3n) is 4.47. The molecule has 2 aromatic carbocycles. The van der Waals surface area contributed by atoms with E-state index >= 15 is 0 Å². The molecule has 0 spiro atoms. The van der Waals surface area contributed by atoms with Crippen molar-refractivity contribution in [3.8, 4) is 0 Å². The predicted molar refractivity (Wildman–Crippen MR) is 104 cm³/mol. The van der Waals surface area contributed by atoms with Gasteiger partial charge in [0, 0.05) is 13.1 Å². The van der Waals surface area contributed by atoms with Crippen molar-refractivity contribution in [2.24, 2.45) is 0 Å². The third-order valence-corrected chi connectivity index (χ3v) is 4.47. The maximum absolute atomic E-state index is 13.8. The zero-order valence-electron chi connectivity index (χ0n) is 16.1. The van der Waals surface area contributed by atoms with Crippen LogP contribution in [0.25, 0.3) is 0 Å². The van der Waals surface area contributed by atoms with E-state index < -0.39 is 6.04 Å². The molecule has 144 valence electrons. The minimum atomic E-state index is -0.754. The summed E-state index contributed by atoms with van der Waals surface area (Å²) in [5, 5.41) is 8.44. The van der Waals surface area contributed by atoms with Crippen LogP contribution < -0.4 is 16.0 Å². The molecule has 2 atom stereocenters. The van der Waals surface area contributed by atoms with Crippen molar-refractivity contribution in [1.29, 1.82) is 0 Å². The zero-order chi connectivity index (χ0) is 20.0. The summed E-state index contributed by atoms with van der Waals surface area (Å²) in [6, 6.07) is 11.7. The first kappa shape index (κ1) is 20.6. The summed E-state index contributed by atoms with van der Waals surface area (Å²) in [5.41, 5.74) is 2.77. The Morgan fingerprint density at radius 2 is 1.63 bits per heavy atom. The average molecular weight is 371 g/mol. The van der Waals surface area contributed by atoms with E-state index in [1.54, 1.807) is 38.1 Å². The summed E-state index contributed by atoms with van der Waals surface area (Å²) >= 11 is 0. The minimum absolute atomic E-state index is 0.0387. The van der Waals surface area contributed by atoms with E-state index in [4.69, 9.17) is 0 Å². The number of amides is 2. The van der Waals surface area contributed by atoms with Gasteiger partial charge in [0.05, 0.1) is 6.54 Å². The molecular formula is C21H26FN3O2. The Bertz CT molecular complexity index is 785. The zero-order valence-corrected chi connectivity index (χ0v) is 16.1. The van der Waals surface area contributed by atoms with E-state index in [9.17, 15) is 14.0 Å². The molecule has 2 amide bonds. The number of hydrogen-bond acceptors (Lipinski definition) is 3. The number of likely N-dealkylation sites (N-methyl/N-ethyl adjacent to an activating group) is 1.